The van der Waals surface area contributed by atoms with Gasteiger partial charge >= 0.3 is 11.7 Å². The second-order valence-corrected chi connectivity index (χ2v) is 2.44. The van der Waals surface area contributed by atoms with Gasteiger partial charge in [0, 0.05) is 0 Å². The first-order valence-electron chi connectivity index (χ1n) is 3.54. The number of hydrogen-bond donors (Lipinski definition) is 0. The molecule has 0 heterocycles. The monoisotopic (exact) mass is 179 g/mol. The molecule has 13 heavy (non-hydrogen) atoms. The first-order valence-corrected chi connectivity index (χ1v) is 3.54. The van der Waals surface area contributed by atoms with E-state index in [2.05, 4.69) is 9.53 Å². The van der Waals surface area contributed by atoms with E-state index >= 15 is 0 Å². The first-order chi connectivity index (χ1) is 6.11. The molecule has 68 valence electrons. The Morgan fingerprint density at radius 3 is 2.69 bits per heavy atom. The van der Waals surface area contributed by atoms with Gasteiger partial charge in [-0.1, -0.05) is 5.57 Å². The molecule has 0 aliphatic heterocycles. The number of esters is 1. The molecule has 0 spiro atoms. The lowest BCUT2D eigenvalue weighted by Gasteiger charge is -1.94. The third kappa shape index (κ3) is 4.51. The molecule has 0 N–H and O–H groups in total. The van der Waals surface area contributed by atoms with Gasteiger partial charge in [0.1, 0.15) is 6.61 Å². The van der Waals surface area contributed by atoms with Crippen LogP contribution in [0.2, 0.25) is 0 Å². The lowest BCUT2D eigenvalue weighted by molar-refractivity contribution is -0.138. The van der Waals surface area contributed by atoms with Crippen LogP contribution >= 0.6 is 0 Å². The molecule has 0 bridgehead atoms. The molecule has 0 saturated heterocycles. The van der Waals surface area contributed by atoms with Crippen molar-refractivity contribution in [2.24, 2.45) is 0 Å². The van der Waals surface area contributed by atoms with Crippen molar-refractivity contribution in [2.45, 2.75) is 13.8 Å². The molecule has 0 rings (SSSR count). The highest BCUT2D eigenvalue weighted by molar-refractivity contribution is 6.40. The van der Waals surface area contributed by atoms with Crippen molar-refractivity contribution in [2.75, 3.05) is 6.61 Å². The zero-order valence-corrected chi connectivity index (χ0v) is 7.44. The zero-order chi connectivity index (χ0) is 10.3. The summed E-state index contributed by atoms with van der Waals surface area (Å²) >= 11 is 0. The van der Waals surface area contributed by atoms with Gasteiger partial charge in [-0.05, 0) is 19.9 Å². The van der Waals surface area contributed by atoms with E-state index < -0.39 is 11.7 Å². The van der Waals surface area contributed by atoms with Crippen molar-refractivity contribution in [3.63, 3.8) is 0 Å². The Balaban J connectivity index is 4.12. The summed E-state index contributed by atoms with van der Waals surface area (Å²) in [4.78, 5) is 13.3. The number of allylic oxidation sites excluding steroid dienone is 1. The molecule has 0 aromatic carbocycles. The molecule has 0 aliphatic rings. The summed E-state index contributed by atoms with van der Waals surface area (Å²) in [5.41, 5.74) is 8.50. The second-order valence-electron chi connectivity index (χ2n) is 2.44. The van der Waals surface area contributed by atoms with Gasteiger partial charge in [-0.15, -0.1) is 4.79 Å². The molecule has 5 nitrogen and oxygen atoms in total. The Bertz CT molecular complexity index is 315. The van der Waals surface area contributed by atoms with Crippen LogP contribution in [0.1, 0.15) is 13.8 Å². The van der Waals surface area contributed by atoms with E-state index in [9.17, 15) is 4.79 Å². The molecule has 0 atom stereocenters. The van der Waals surface area contributed by atoms with Crippen LogP contribution < -0.4 is 0 Å². The van der Waals surface area contributed by atoms with Crippen LogP contribution in [0.3, 0.4) is 0 Å². The molecule has 5 heteroatoms. The highest BCUT2D eigenvalue weighted by Gasteiger charge is 2.20. The normalized spacial score (nSPS) is 7.77. The Kier molecular flexibility index (Phi) is 4.85. The van der Waals surface area contributed by atoms with Gasteiger partial charge in [-0.25, -0.2) is 4.79 Å². The quantitative estimate of drug-likeness (QED) is 0.210. The number of carbonyl (C=O) groups is 1. The summed E-state index contributed by atoms with van der Waals surface area (Å²) in [5, 5.41) is 8.25. The largest absolute Gasteiger partial charge is 0.475 e. The first kappa shape index (κ1) is 11.1. The van der Waals surface area contributed by atoms with E-state index in [4.69, 9.17) is 10.8 Å². The number of rotatable bonds is 3. The average molecular weight is 179 g/mol. The number of hydrogen-bond acceptors (Lipinski definition) is 3. The second kappa shape index (κ2) is 5.70. The lowest BCUT2D eigenvalue weighted by atomic mass is 10.3. The van der Waals surface area contributed by atoms with Gasteiger partial charge in [0.25, 0.3) is 0 Å². The van der Waals surface area contributed by atoms with Crippen molar-refractivity contribution in [3.8, 4) is 6.07 Å². The molecule has 0 unspecified atom stereocenters. The lowest BCUT2D eigenvalue weighted by Crippen LogP contribution is -2.16. The maximum atomic E-state index is 10.8. The molecule has 0 aromatic heterocycles. The average Bonchev–Trinajstić information content (AvgIpc) is 2.05. The summed E-state index contributed by atoms with van der Waals surface area (Å²) < 4.78 is 4.57. The Morgan fingerprint density at radius 2 is 2.31 bits per heavy atom. The van der Waals surface area contributed by atoms with E-state index in [0.29, 0.717) is 0 Å². The van der Waals surface area contributed by atoms with Crippen molar-refractivity contribution in [3.05, 3.63) is 17.2 Å². The van der Waals surface area contributed by atoms with Crippen LogP contribution in [0.4, 0.5) is 0 Å². The van der Waals surface area contributed by atoms with E-state index in [1.807, 2.05) is 13.8 Å². The van der Waals surface area contributed by atoms with Crippen LogP contribution in [-0.4, -0.2) is 23.1 Å². The minimum Gasteiger partial charge on any atom is -0.452 e. The van der Waals surface area contributed by atoms with E-state index in [-0.39, 0.29) is 6.61 Å². The Morgan fingerprint density at radius 1 is 1.69 bits per heavy atom. The number of nitriles is 1. The van der Waals surface area contributed by atoms with Crippen LogP contribution in [0.15, 0.2) is 11.6 Å². The molecule has 0 saturated carbocycles. The molecular weight excluding hydrogens is 170 g/mol. The predicted molar refractivity (Wildman–Crippen MR) is 44.6 cm³/mol. The van der Waals surface area contributed by atoms with Crippen molar-refractivity contribution in [1.82, 2.24) is 0 Å². The number of ether oxygens (including phenoxy) is 1. The molecule has 0 radical (unpaired) electrons. The van der Waals surface area contributed by atoms with Crippen molar-refractivity contribution >= 4 is 11.7 Å². The van der Waals surface area contributed by atoms with Gasteiger partial charge in [0.15, 0.2) is 6.07 Å². The molecule has 0 aromatic rings. The van der Waals surface area contributed by atoms with Crippen LogP contribution in [0.5, 0.6) is 0 Å². The fourth-order valence-corrected chi connectivity index (χ4v) is 0.461. The van der Waals surface area contributed by atoms with Gasteiger partial charge in [0.2, 0.25) is 0 Å². The number of nitrogens with zero attached hydrogens (tertiary/aromatic N) is 3. The summed E-state index contributed by atoms with van der Waals surface area (Å²) in [6.07, 6.45) is 1.67. The fraction of sp³-hybridized carbons (Fsp3) is 0.375. The van der Waals surface area contributed by atoms with Crippen molar-refractivity contribution in [1.29, 1.82) is 5.26 Å². The summed E-state index contributed by atoms with van der Waals surface area (Å²) in [7, 11) is 0. The zero-order valence-electron chi connectivity index (χ0n) is 7.44. The summed E-state index contributed by atoms with van der Waals surface area (Å²) in [5.74, 6) is -0.928. The Hall–Kier alpha value is -1.92. The van der Waals surface area contributed by atoms with E-state index in [1.165, 1.54) is 6.07 Å². The molecular formula is C8H9N3O2. The van der Waals surface area contributed by atoms with E-state index in [1.54, 1.807) is 6.08 Å². The highest BCUT2D eigenvalue weighted by atomic mass is 16.5. The van der Waals surface area contributed by atoms with Gasteiger partial charge in [-0.3, -0.25) is 0 Å². The van der Waals surface area contributed by atoms with Gasteiger partial charge in [0.05, 0.1) is 0 Å². The topological polar surface area (TPSA) is 86.5 Å². The molecule has 0 fully saturated rings. The maximum absolute atomic E-state index is 10.8. The van der Waals surface area contributed by atoms with E-state index in [0.717, 1.165) is 5.57 Å². The third-order valence-electron chi connectivity index (χ3n) is 1.11. The molecule has 0 aliphatic carbocycles. The fourth-order valence-electron chi connectivity index (χ4n) is 0.461. The van der Waals surface area contributed by atoms with Gasteiger partial charge < -0.3 is 10.3 Å². The molecule has 0 amide bonds. The highest BCUT2D eigenvalue weighted by Crippen LogP contribution is 1.89. The predicted octanol–water partition coefficient (Wildman–Crippen LogP) is 0.690. The standard InChI is InChI=1S/C8H9N3O2/c1-6(2)3-4-13-8(12)7(5-9)11-10/h3H,4H2,1-2H3. The van der Waals surface area contributed by atoms with Crippen LogP contribution in [0.25, 0.3) is 5.53 Å². The Labute approximate surface area is 75.9 Å². The SMILES string of the molecule is CC(C)=CCOC(=O)C(C#N)=[N+]=[N-]. The summed E-state index contributed by atoms with van der Waals surface area (Å²) in [6.45, 7) is 3.76. The third-order valence-corrected chi connectivity index (χ3v) is 1.11. The van der Waals surface area contributed by atoms with Crippen LogP contribution in [-0.2, 0) is 9.53 Å². The van der Waals surface area contributed by atoms with Gasteiger partial charge in [-0.2, -0.15) is 5.26 Å². The van der Waals surface area contributed by atoms with Crippen LogP contribution in [0, 0.1) is 11.3 Å². The smallest absolute Gasteiger partial charge is 0.452 e. The summed E-state index contributed by atoms with van der Waals surface area (Å²) in [6, 6.07) is 1.39. The number of carbonyl (C=O) groups excluding carboxylic acids is 1. The minimum absolute atomic E-state index is 0.0713. The minimum atomic E-state index is -0.928. The maximum Gasteiger partial charge on any atom is 0.475 e. The van der Waals surface area contributed by atoms with Crippen molar-refractivity contribution < 1.29 is 14.3 Å².